The third-order valence-corrected chi connectivity index (χ3v) is 3.94. The molecule has 1 aromatic rings. The van der Waals surface area contributed by atoms with Crippen molar-refractivity contribution >= 4 is 23.6 Å². The number of piperidine rings is 1. The highest BCUT2D eigenvalue weighted by molar-refractivity contribution is 6.23. The van der Waals surface area contributed by atoms with Gasteiger partial charge in [-0.1, -0.05) is 11.8 Å². The summed E-state index contributed by atoms with van der Waals surface area (Å²) in [4.78, 5) is 49.2. The lowest BCUT2D eigenvalue weighted by Gasteiger charge is -2.27. The molecule has 0 radical (unpaired) electrons. The normalized spacial score (nSPS) is 19.7. The van der Waals surface area contributed by atoms with Crippen LogP contribution >= 0.6 is 0 Å². The van der Waals surface area contributed by atoms with Gasteiger partial charge in [0.2, 0.25) is 11.8 Å². The summed E-state index contributed by atoms with van der Waals surface area (Å²) >= 11 is 0. The number of nitrogens with two attached hydrogens (primary N) is 1. The highest BCUT2D eigenvalue weighted by Gasteiger charge is 2.44. The van der Waals surface area contributed by atoms with Crippen molar-refractivity contribution in [3.05, 3.63) is 34.9 Å². The number of carbonyl (C=O) groups is 4. The number of imide groups is 2. The average Bonchev–Trinajstić information content (AvgIpc) is 2.80. The smallest absolute Gasteiger partial charge is 0.262 e. The number of nitrogens with one attached hydrogen (secondary N) is 1. The van der Waals surface area contributed by atoms with Crippen LogP contribution in [0.4, 0.5) is 0 Å². The second kappa shape index (κ2) is 6.26. The van der Waals surface area contributed by atoms with E-state index in [1.54, 1.807) is 12.1 Å². The number of rotatable bonds is 2. The molecule has 0 aliphatic carbocycles. The van der Waals surface area contributed by atoms with Gasteiger partial charge in [-0.15, -0.1) is 0 Å². The van der Waals surface area contributed by atoms with E-state index in [1.807, 2.05) is 0 Å². The van der Waals surface area contributed by atoms with Gasteiger partial charge in [-0.2, -0.15) is 0 Å². The first-order chi connectivity index (χ1) is 11.5. The fraction of sp³-hybridized carbons (Fsp3) is 0.294. The fourth-order valence-electron chi connectivity index (χ4n) is 2.79. The Morgan fingerprint density at radius 3 is 2.62 bits per heavy atom. The zero-order valence-corrected chi connectivity index (χ0v) is 12.8. The van der Waals surface area contributed by atoms with Crippen LogP contribution in [0.2, 0.25) is 0 Å². The van der Waals surface area contributed by atoms with Crippen molar-refractivity contribution in [1.82, 2.24) is 10.2 Å². The van der Waals surface area contributed by atoms with Gasteiger partial charge in [0.1, 0.15) is 6.04 Å². The minimum Gasteiger partial charge on any atom is -0.330 e. The summed E-state index contributed by atoms with van der Waals surface area (Å²) in [7, 11) is 0. The third kappa shape index (κ3) is 2.68. The van der Waals surface area contributed by atoms with E-state index in [-0.39, 0.29) is 24.0 Å². The molecule has 1 saturated heterocycles. The van der Waals surface area contributed by atoms with E-state index in [0.717, 1.165) is 4.90 Å². The van der Waals surface area contributed by atoms with Crippen molar-refractivity contribution in [2.75, 3.05) is 6.54 Å². The molecular weight excluding hydrogens is 310 g/mol. The van der Waals surface area contributed by atoms with Crippen molar-refractivity contribution in [2.45, 2.75) is 25.3 Å². The molecule has 3 N–H and O–H groups in total. The van der Waals surface area contributed by atoms with Gasteiger partial charge in [0.15, 0.2) is 0 Å². The van der Waals surface area contributed by atoms with Gasteiger partial charge in [-0.25, -0.2) is 0 Å². The molecule has 1 atom stereocenters. The Kier molecular flexibility index (Phi) is 4.15. The molecule has 24 heavy (non-hydrogen) atoms. The molecule has 7 nitrogen and oxygen atoms in total. The first-order valence-corrected chi connectivity index (χ1v) is 7.57. The molecule has 1 fully saturated rings. The zero-order chi connectivity index (χ0) is 17.3. The molecule has 1 unspecified atom stereocenters. The number of hydrogen-bond donors (Lipinski definition) is 2. The number of fused-ring (bicyclic) bond motifs is 1. The van der Waals surface area contributed by atoms with Crippen LogP contribution in [-0.2, 0) is 9.59 Å². The lowest BCUT2D eigenvalue weighted by atomic mass is 10.0. The summed E-state index contributed by atoms with van der Waals surface area (Å²) in [5.41, 5.74) is 6.45. The first-order valence-electron chi connectivity index (χ1n) is 7.57. The molecule has 0 spiro atoms. The van der Waals surface area contributed by atoms with Crippen molar-refractivity contribution in [3.63, 3.8) is 0 Å². The second-order valence-electron chi connectivity index (χ2n) is 5.55. The molecule has 3 rings (SSSR count). The standard InChI is InChI=1S/C17H15N3O4/c18-8-2-1-3-10-4-5-11-12(9-10)17(24)20(16(11)23)13-6-7-14(21)19-15(13)22/h4-5,9,13H,2,6-8,18H2,(H,19,21,22). The molecule has 0 bridgehead atoms. The molecule has 0 saturated carbocycles. The number of nitrogens with zero attached hydrogens (tertiary/aromatic N) is 1. The maximum absolute atomic E-state index is 12.6. The lowest BCUT2D eigenvalue weighted by Crippen LogP contribution is -2.54. The highest BCUT2D eigenvalue weighted by Crippen LogP contribution is 2.28. The predicted molar refractivity (Wildman–Crippen MR) is 83.7 cm³/mol. The van der Waals surface area contributed by atoms with E-state index in [1.165, 1.54) is 6.07 Å². The summed E-state index contributed by atoms with van der Waals surface area (Å²) in [6.07, 6.45) is 0.769. The Labute approximate surface area is 138 Å². The number of amides is 4. The van der Waals surface area contributed by atoms with Gasteiger partial charge >= 0.3 is 0 Å². The van der Waals surface area contributed by atoms with Gasteiger partial charge in [-0.3, -0.25) is 29.4 Å². The third-order valence-electron chi connectivity index (χ3n) is 3.94. The molecule has 2 aliphatic rings. The number of benzene rings is 1. The summed E-state index contributed by atoms with van der Waals surface area (Å²) in [6, 6.07) is 3.78. The topological polar surface area (TPSA) is 110 Å². The van der Waals surface area contributed by atoms with E-state index in [0.29, 0.717) is 18.5 Å². The largest absolute Gasteiger partial charge is 0.330 e. The van der Waals surface area contributed by atoms with Crippen LogP contribution in [0.15, 0.2) is 18.2 Å². The summed E-state index contributed by atoms with van der Waals surface area (Å²) in [5.74, 6) is 3.68. The first kappa shape index (κ1) is 15.9. The monoisotopic (exact) mass is 325 g/mol. The van der Waals surface area contributed by atoms with Crippen molar-refractivity contribution in [3.8, 4) is 11.8 Å². The molecule has 1 aromatic carbocycles. The summed E-state index contributed by atoms with van der Waals surface area (Å²) in [5, 5.41) is 2.16. The summed E-state index contributed by atoms with van der Waals surface area (Å²) < 4.78 is 0. The molecule has 122 valence electrons. The second-order valence-corrected chi connectivity index (χ2v) is 5.55. The van der Waals surface area contributed by atoms with Gasteiger partial charge in [0.05, 0.1) is 11.1 Å². The Morgan fingerprint density at radius 2 is 1.92 bits per heavy atom. The summed E-state index contributed by atoms with van der Waals surface area (Å²) in [6.45, 7) is 0.443. The van der Waals surface area contributed by atoms with Crippen LogP contribution in [-0.4, -0.2) is 41.1 Å². The van der Waals surface area contributed by atoms with E-state index >= 15 is 0 Å². The minimum absolute atomic E-state index is 0.0969. The predicted octanol–water partition coefficient (Wildman–Crippen LogP) is -0.212. The van der Waals surface area contributed by atoms with Gasteiger partial charge in [0.25, 0.3) is 11.8 Å². The maximum atomic E-state index is 12.6. The number of carbonyl (C=O) groups excluding carboxylic acids is 4. The van der Waals surface area contributed by atoms with Crippen LogP contribution in [0.25, 0.3) is 0 Å². The Morgan fingerprint density at radius 1 is 1.17 bits per heavy atom. The zero-order valence-electron chi connectivity index (χ0n) is 12.8. The van der Waals surface area contributed by atoms with E-state index in [9.17, 15) is 19.2 Å². The molecule has 2 aliphatic heterocycles. The van der Waals surface area contributed by atoms with Gasteiger partial charge in [-0.05, 0) is 24.6 Å². The van der Waals surface area contributed by atoms with Crippen LogP contribution in [0.1, 0.15) is 45.5 Å². The fourth-order valence-corrected chi connectivity index (χ4v) is 2.79. The molecule has 2 heterocycles. The number of hydrogen-bond acceptors (Lipinski definition) is 5. The van der Waals surface area contributed by atoms with Crippen LogP contribution < -0.4 is 11.1 Å². The molecule has 7 heteroatoms. The van der Waals surface area contributed by atoms with Crippen LogP contribution in [0.3, 0.4) is 0 Å². The lowest BCUT2D eigenvalue weighted by molar-refractivity contribution is -0.136. The van der Waals surface area contributed by atoms with Crippen molar-refractivity contribution in [2.24, 2.45) is 5.73 Å². The highest BCUT2D eigenvalue weighted by atomic mass is 16.2. The van der Waals surface area contributed by atoms with E-state index < -0.39 is 29.7 Å². The van der Waals surface area contributed by atoms with Gasteiger partial charge in [0, 0.05) is 24.9 Å². The Balaban J connectivity index is 1.90. The van der Waals surface area contributed by atoms with Gasteiger partial charge < -0.3 is 5.73 Å². The average molecular weight is 325 g/mol. The minimum atomic E-state index is -0.957. The quantitative estimate of drug-likeness (QED) is 0.577. The van der Waals surface area contributed by atoms with Crippen molar-refractivity contribution < 1.29 is 19.2 Å². The maximum Gasteiger partial charge on any atom is 0.262 e. The van der Waals surface area contributed by atoms with Crippen molar-refractivity contribution in [1.29, 1.82) is 0 Å². The molecule has 0 aromatic heterocycles. The van der Waals surface area contributed by atoms with Crippen LogP contribution in [0, 0.1) is 11.8 Å². The SMILES string of the molecule is NCCC#Cc1ccc2c(c1)C(=O)N(C1CCC(=O)NC1=O)C2=O. The molecular formula is C17H15N3O4. The Hall–Kier alpha value is -2.98. The van der Waals surface area contributed by atoms with E-state index in [4.69, 9.17) is 5.73 Å². The molecule has 4 amide bonds. The van der Waals surface area contributed by atoms with Crippen LogP contribution in [0.5, 0.6) is 0 Å². The Bertz CT molecular complexity index is 819. The van der Waals surface area contributed by atoms with E-state index in [2.05, 4.69) is 17.2 Å².